The molecule has 4 rings (SSSR count). The van der Waals surface area contributed by atoms with Crippen LogP contribution in [0.15, 0.2) is 40.1 Å². The van der Waals surface area contributed by atoms with E-state index in [2.05, 4.69) is 41.3 Å². The Labute approximate surface area is 164 Å². The van der Waals surface area contributed by atoms with E-state index >= 15 is 0 Å². The van der Waals surface area contributed by atoms with Crippen LogP contribution >= 0.6 is 0 Å². The summed E-state index contributed by atoms with van der Waals surface area (Å²) in [6.45, 7) is 7.48. The standard InChI is InChI=1S/C20H27N7O/c1-15-12-17(25-28-15)14-26-8-10-27(11-9-26)20(21-2)23-7-5-16-13-24-19-18(16)4-3-6-22-19/h3-4,6,12-13H,5,7-11,14H2,1-2H3,(H,21,23)(H,22,24). The largest absolute Gasteiger partial charge is 0.361 e. The average molecular weight is 381 g/mol. The lowest BCUT2D eigenvalue weighted by Crippen LogP contribution is -2.52. The van der Waals surface area contributed by atoms with E-state index in [0.717, 1.165) is 68.8 Å². The molecule has 3 aromatic heterocycles. The zero-order valence-corrected chi connectivity index (χ0v) is 16.5. The lowest BCUT2D eigenvalue weighted by atomic mass is 10.1. The van der Waals surface area contributed by atoms with Gasteiger partial charge in [-0.1, -0.05) is 5.16 Å². The Bertz CT molecular complexity index is 937. The second-order valence-electron chi connectivity index (χ2n) is 7.13. The number of rotatable bonds is 5. The van der Waals surface area contributed by atoms with Gasteiger partial charge < -0.3 is 19.7 Å². The van der Waals surface area contributed by atoms with Gasteiger partial charge in [0.25, 0.3) is 0 Å². The average Bonchev–Trinajstić information content (AvgIpc) is 3.32. The Hall–Kier alpha value is -2.87. The number of guanidine groups is 1. The van der Waals surface area contributed by atoms with Crippen LogP contribution in [0, 0.1) is 6.92 Å². The quantitative estimate of drug-likeness (QED) is 0.518. The van der Waals surface area contributed by atoms with Crippen LogP contribution in [0.5, 0.6) is 0 Å². The second kappa shape index (κ2) is 8.43. The van der Waals surface area contributed by atoms with Gasteiger partial charge in [-0.25, -0.2) is 4.98 Å². The van der Waals surface area contributed by atoms with Crippen molar-refractivity contribution in [3.05, 3.63) is 47.6 Å². The van der Waals surface area contributed by atoms with Crippen molar-refractivity contribution in [2.24, 2.45) is 4.99 Å². The maximum atomic E-state index is 5.16. The molecule has 0 saturated carbocycles. The maximum Gasteiger partial charge on any atom is 0.193 e. The molecule has 0 aliphatic carbocycles. The van der Waals surface area contributed by atoms with E-state index in [1.165, 1.54) is 10.9 Å². The number of aromatic nitrogens is 3. The summed E-state index contributed by atoms with van der Waals surface area (Å²) in [7, 11) is 1.85. The predicted molar refractivity (Wildman–Crippen MR) is 109 cm³/mol. The summed E-state index contributed by atoms with van der Waals surface area (Å²) in [5.74, 6) is 1.83. The Morgan fingerprint density at radius 2 is 2.18 bits per heavy atom. The third kappa shape index (κ3) is 4.17. The van der Waals surface area contributed by atoms with Gasteiger partial charge in [0.1, 0.15) is 11.4 Å². The summed E-state index contributed by atoms with van der Waals surface area (Å²) in [4.78, 5) is 16.8. The van der Waals surface area contributed by atoms with Crippen molar-refractivity contribution in [2.75, 3.05) is 39.8 Å². The van der Waals surface area contributed by atoms with Crippen molar-refractivity contribution in [3.8, 4) is 0 Å². The zero-order valence-electron chi connectivity index (χ0n) is 16.5. The topological polar surface area (TPSA) is 85.6 Å². The first-order valence-corrected chi connectivity index (χ1v) is 9.74. The fourth-order valence-corrected chi connectivity index (χ4v) is 3.70. The van der Waals surface area contributed by atoms with Crippen molar-refractivity contribution >= 4 is 17.0 Å². The highest BCUT2D eigenvalue weighted by Crippen LogP contribution is 2.15. The summed E-state index contributed by atoms with van der Waals surface area (Å²) in [5, 5.41) is 8.79. The minimum atomic E-state index is 0.839. The number of piperazine rings is 1. The number of aryl methyl sites for hydroxylation is 1. The molecule has 0 amide bonds. The maximum absolute atomic E-state index is 5.16. The molecule has 1 aliphatic heterocycles. The number of pyridine rings is 1. The van der Waals surface area contributed by atoms with Gasteiger partial charge in [0.05, 0.1) is 5.69 Å². The van der Waals surface area contributed by atoms with E-state index in [9.17, 15) is 0 Å². The highest BCUT2D eigenvalue weighted by atomic mass is 16.5. The number of hydrogen-bond acceptors (Lipinski definition) is 5. The molecular weight excluding hydrogens is 354 g/mol. The van der Waals surface area contributed by atoms with E-state index in [0.29, 0.717) is 0 Å². The van der Waals surface area contributed by atoms with Crippen molar-refractivity contribution in [1.29, 1.82) is 0 Å². The van der Waals surface area contributed by atoms with Crippen LogP contribution in [0.4, 0.5) is 0 Å². The number of aromatic amines is 1. The van der Waals surface area contributed by atoms with Crippen LogP contribution in [0.2, 0.25) is 0 Å². The minimum absolute atomic E-state index is 0.839. The molecule has 148 valence electrons. The van der Waals surface area contributed by atoms with Crippen molar-refractivity contribution in [3.63, 3.8) is 0 Å². The lowest BCUT2D eigenvalue weighted by molar-refractivity contribution is 0.169. The van der Waals surface area contributed by atoms with Gasteiger partial charge in [0.15, 0.2) is 5.96 Å². The number of nitrogens with one attached hydrogen (secondary N) is 2. The molecule has 0 bridgehead atoms. The molecule has 0 radical (unpaired) electrons. The molecule has 1 aliphatic rings. The van der Waals surface area contributed by atoms with Crippen LogP contribution in [-0.4, -0.2) is 70.7 Å². The summed E-state index contributed by atoms with van der Waals surface area (Å²) < 4.78 is 5.16. The van der Waals surface area contributed by atoms with Crippen LogP contribution in [-0.2, 0) is 13.0 Å². The summed E-state index contributed by atoms with van der Waals surface area (Å²) in [5.41, 5.74) is 3.22. The van der Waals surface area contributed by atoms with Crippen LogP contribution < -0.4 is 5.32 Å². The van der Waals surface area contributed by atoms with E-state index in [4.69, 9.17) is 4.52 Å². The first-order chi connectivity index (χ1) is 13.7. The number of H-pyrrole nitrogens is 1. The SMILES string of the molecule is CN=C(NCCc1c[nH]c2ncccc12)N1CCN(Cc2cc(C)on2)CC1. The van der Waals surface area contributed by atoms with Gasteiger partial charge in [-0.15, -0.1) is 0 Å². The molecule has 0 atom stereocenters. The first kappa shape index (κ1) is 18.5. The van der Waals surface area contributed by atoms with Gasteiger partial charge >= 0.3 is 0 Å². The summed E-state index contributed by atoms with van der Waals surface area (Å²) in [6, 6.07) is 6.09. The van der Waals surface area contributed by atoms with E-state index in [-0.39, 0.29) is 0 Å². The molecule has 0 spiro atoms. The zero-order chi connectivity index (χ0) is 19.3. The molecule has 1 fully saturated rings. The van der Waals surface area contributed by atoms with Gasteiger partial charge in [0.2, 0.25) is 0 Å². The van der Waals surface area contributed by atoms with Crippen molar-refractivity contribution in [1.82, 2.24) is 30.2 Å². The number of nitrogens with zero attached hydrogens (tertiary/aromatic N) is 5. The molecule has 3 aromatic rings. The van der Waals surface area contributed by atoms with Gasteiger partial charge in [-0.05, 0) is 31.0 Å². The number of fused-ring (bicyclic) bond motifs is 1. The predicted octanol–water partition coefficient (Wildman–Crippen LogP) is 1.80. The van der Waals surface area contributed by atoms with Crippen LogP contribution in [0.25, 0.3) is 11.0 Å². The Morgan fingerprint density at radius 1 is 1.32 bits per heavy atom. The van der Waals surface area contributed by atoms with Gasteiger partial charge in [0, 0.05) is 70.2 Å². The lowest BCUT2D eigenvalue weighted by Gasteiger charge is -2.36. The highest BCUT2D eigenvalue weighted by molar-refractivity contribution is 5.81. The van der Waals surface area contributed by atoms with Crippen LogP contribution in [0.1, 0.15) is 17.0 Å². The van der Waals surface area contributed by atoms with Gasteiger partial charge in [-0.3, -0.25) is 9.89 Å². The summed E-state index contributed by atoms with van der Waals surface area (Å²) in [6.07, 6.45) is 4.79. The molecule has 2 N–H and O–H groups in total. The minimum Gasteiger partial charge on any atom is -0.361 e. The van der Waals surface area contributed by atoms with Gasteiger partial charge in [-0.2, -0.15) is 0 Å². The third-order valence-electron chi connectivity index (χ3n) is 5.16. The fourth-order valence-electron chi connectivity index (χ4n) is 3.70. The Balaban J connectivity index is 1.25. The van der Waals surface area contributed by atoms with E-state index in [1.807, 2.05) is 38.5 Å². The third-order valence-corrected chi connectivity index (χ3v) is 5.16. The number of aliphatic imine (C=N–C) groups is 1. The van der Waals surface area contributed by atoms with Crippen LogP contribution in [0.3, 0.4) is 0 Å². The molecule has 0 unspecified atom stereocenters. The Kier molecular flexibility index (Phi) is 5.57. The molecule has 8 heteroatoms. The fraction of sp³-hybridized carbons (Fsp3) is 0.450. The Morgan fingerprint density at radius 3 is 2.93 bits per heavy atom. The van der Waals surface area contributed by atoms with E-state index < -0.39 is 0 Å². The molecular formula is C20H27N7O. The smallest absolute Gasteiger partial charge is 0.193 e. The second-order valence-corrected chi connectivity index (χ2v) is 7.13. The number of hydrogen-bond donors (Lipinski definition) is 2. The molecule has 8 nitrogen and oxygen atoms in total. The molecule has 1 saturated heterocycles. The molecule has 28 heavy (non-hydrogen) atoms. The van der Waals surface area contributed by atoms with Crippen molar-refractivity contribution in [2.45, 2.75) is 19.9 Å². The molecule has 0 aromatic carbocycles. The monoisotopic (exact) mass is 381 g/mol. The van der Waals surface area contributed by atoms with E-state index in [1.54, 1.807) is 0 Å². The molecule has 4 heterocycles. The van der Waals surface area contributed by atoms with Crippen molar-refractivity contribution < 1.29 is 4.52 Å². The first-order valence-electron chi connectivity index (χ1n) is 9.74. The normalized spacial score (nSPS) is 16.1. The summed E-state index contributed by atoms with van der Waals surface area (Å²) >= 11 is 0. The highest BCUT2D eigenvalue weighted by Gasteiger charge is 2.20.